The molecule has 1 aromatic rings. The number of carbonyl (C=O) groups excluding carboxylic acids is 1. The fraction of sp³-hybridized carbons (Fsp3) is 0.529. The van der Waals surface area contributed by atoms with Crippen molar-refractivity contribution in [3.63, 3.8) is 0 Å². The first-order valence-electron chi connectivity index (χ1n) is 7.55. The number of hydrogen-bond acceptors (Lipinski definition) is 3. The van der Waals surface area contributed by atoms with Crippen molar-refractivity contribution in [2.24, 2.45) is 5.92 Å². The SMILES string of the molecule is CN(C)CCCN(C)C(=O)C[C@H](Cc1ccccc1)C(=O)O. The molecule has 5 heteroatoms. The summed E-state index contributed by atoms with van der Waals surface area (Å²) in [6, 6.07) is 9.43. The predicted molar refractivity (Wildman–Crippen MR) is 86.7 cm³/mol. The van der Waals surface area contributed by atoms with E-state index in [2.05, 4.69) is 4.90 Å². The summed E-state index contributed by atoms with van der Waals surface area (Å²) in [6.07, 6.45) is 1.31. The Labute approximate surface area is 132 Å². The summed E-state index contributed by atoms with van der Waals surface area (Å²) in [4.78, 5) is 27.3. The standard InChI is InChI=1S/C17H26N2O3/c1-18(2)10-7-11-19(3)16(20)13-15(17(21)22)12-14-8-5-4-6-9-14/h4-6,8-9,15H,7,10-13H2,1-3H3,(H,21,22)/t15-/m0/s1. The maximum absolute atomic E-state index is 12.2. The van der Waals surface area contributed by atoms with Crippen LogP contribution in [0.15, 0.2) is 30.3 Å². The Bertz CT molecular complexity index is 474. The Kier molecular flexibility index (Phi) is 7.60. The average molecular weight is 306 g/mol. The summed E-state index contributed by atoms with van der Waals surface area (Å²) in [6.45, 7) is 1.55. The monoisotopic (exact) mass is 306 g/mol. The van der Waals surface area contributed by atoms with Gasteiger partial charge < -0.3 is 14.9 Å². The molecule has 0 heterocycles. The van der Waals surface area contributed by atoms with Crippen LogP contribution in [0.2, 0.25) is 0 Å². The molecule has 1 N–H and O–H groups in total. The van der Waals surface area contributed by atoms with E-state index in [0.717, 1.165) is 18.5 Å². The van der Waals surface area contributed by atoms with E-state index < -0.39 is 11.9 Å². The molecule has 22 heavy (non-hydrogen) atoms. The first-order valence-corrected chi connectivity index (χ1v) is 7.55. The fourth-order valence-corrected chi connectivity index (χ4v) is 2.26. The summed E-state index contributed by atoms with van der Waals surface area (Å²) in [5.74, 6) is -1.70. The third-order valence-electron chi connectivity index (χ3n) is 3.62. The van der Waals surface area contributed by atoms with Gasteiger partial charge in [-0.2, -0.15) is 0 Å². The fourth-order valence-electron chi connectivity index (χ4n) is 2.26. The summed E-state index contributed by atoms with van der Waals surface area (Å²) in [5.41, 5.74) is 0.943. The van der Waals surface area contributed by atoms with E-state index in [9.17, 15) is 14.7 Å². The molecule has 0 radical (unpaired) electrons. The lowest BCUT2D eigenvalue weighted by Gasteiger charge is -2.20. The predicted octanol–water partition coefficient (Wildman–Crippen LogP) is 1.73. The van der Waals surface area contributed by atoms with Gasteiger partial charge in [-0.25, -0.2) is 0 Å². The van der Waals surface area contributed by atoms with E-state index in [1.165, 1.54) is 0 Å². The summed E-state index contributed by atoms with van der Waals surface area (Å²) < 4.78 is 0. The molecule has 0 fully saturated rings. The smallest absolute Gasteiger partial charge is 0.307 e. The number of nitrogens with zero attached hydrogens (tertiary/aromatic N) is 2. The van der Waals surface area contributed by atoms with E-state index in [1.54, 1.807) is 11.9 Å². The van der Waals surface area contributed by atoms with E-state index in [4.69, 9.17) is 0 Å². The highest BCUT2D eigenvalue weighted by molar-refractivity contribution is 5.82. The average Bonchev–Trinajstić information content (AvgIpc) is 2.46. The second-order valence-electron chi connectivity index (χ2n) is 5.90. The van der Waals surface area contributed by atoms with Crippen molar-refractivity contribution in [1.82, 2.24) is 9.80 Å². The minimum atomic E-state index is -0.918. The number of rotatable bonds is 9. The molecule has 0 aliphatic rings. The lowest BCUT2D eigenvalue weighted by atomic mass is 9.96. The van der Waals surface area contributed by atoms with E-state index in [1.807, 2.05) is 44.4 Å². The Morgan fingerprint density at radius 3 is 2.27 bits per heavy atom. The number of amides is 1. The van der Waals surface area contributed by atoms with E-state index >= 15 is 0 Å². The zero-order valence-corrected chi connectivity index (χ0v) is 13.7. The largest absolute Gasteiger partial charge is 0.481 e. The Morgan fingerprint density at radius 2 is 1.73 bits per heavy atom. The molecule has 0 saturated carbocycles. The third-order valence-corrected chi connectivity index (χ3v) is 3.62. The first kappa shape index (κ1) is 18.2. The number of hydrogen-bond donors (Lipinski definition) is 1. The second kappa shape index (κ2) is 9.20. The molecule has 1 atom stereocenters. The van der Waals surface area contributed by atoms with E-state index in [0.29, 0.717) is 13.0 Å². The van der Waals surface area contributed by atoms with Crippen molar-refractivity contribution in [1.29, 1.82) is 0 Å². The van der Waals surface area contributed by atoms with Crippen molar-refractivity contribution in [2.75, 3.05) is 34.2 Å². The summed E-state index contributed by atoms with van der Waals surface area (Å²) in [5, 5.41) is 9.34. The minimum Gasteiger partial charge on any atom is -0.481 e. The van der Waals surface area contributed by atoms with Gasteiger partial charge in [0.05, 0.1) is 5.92 Å². The lowest BCUT2D eigenvalue weighted by Crippen LogP contribution is -2.33. The van der Waals surface area contributed by atoms with Crippen LogP contribution in [0.5, 0.6) is 0 Å². The highest BCUT2D eigenvalue weighted by Crippen LogP contribution is 2.14. The van der Waals surface area contributed by atoms with Crippen LogP contribution in [0.3, 0.4) is 0 Å². The normalized spacial score (nSPS) is 12.2. The van der Waals surface area contributed by atoms with Gasteiger partial charge in [0.15, 0.2) is 0 Å². The van der Waals surface area contributed by atoms with Crippen LogP contribution in [0.1, 0.15) is 18.4 Å². The van der Waals surface area contributed by atoms with Crippen LogP contribution in [-0.4, -0.2) is 61.0 Å². The highest BCUT2D eigenvalue weighted by atomic mass is 16.4. The van der Waals surface area contributed by atoms with Crippen LogP contribution in [0.4, 0.5) is 0 Å². The molecule has 0 aliphatic carbocycles. The Morgan fingerprint density at radius 1 is 1.09 bits per heavy atom. The van der Waals surface area contributed by atoms with Crippen molar-refractivity contribution in [3.8, 4) is 0 Å². The maximum atomic E-state index is 12.2. The molecule has 0 unspecified atom stereocenters. The number of aliphatic carboxylic acids is 1. The van der Waals surface area contributed by atoms with Gasteiger partial charge in [0.1, 0.15) is 0 Å². The molecule has 0 aliphatic heterocycles. The topological polar surface area (TPSA) is 60.9 Å². The number of carboxylic acids is 1. The summed E-state index contributed by atoms with van der Waals surface area (Å²) >= 11 is 0. The zero-order chi connectivity index (χ0) is 16.5. The lowest BCUT2D eigenvalue weighted by molar-refractivity contribution is -0.145. The van der Waals surface area contributed by atoms with E-state index in [-0.39, 0.29) is 12.3 Å². The van der Waals surface area contributed by atoms with Crippen molar-refractivity contribution in [3.05, 3.63) is 35.9 Å². The van der Waals surface area contributed by atoms with Gasteiger partial charge in [-0.05, 0) is 39.0 Å². The number of carbonyl (C=O) groups is 2. The summed E-state index contributed by atoms with van der Waals surface area (Å²) in [7, 11) is 5.71. The third kappa shape index (κ3) is 6.72. The Hall–Kier alpha value is -1.88. The van der Waals surface area contributed by atoms with Gasteiger partial charge in [-0.15, -0.1) is 0 Å². The highest BCUT2D eigenvalue weighted by Gasteiger charge is 2.23. The molecule has 0 aromatic heterocycles. The van der Waals surface area contributed by atoms with Crippen LogP contribution >= 0.6 is 0 Å². The quantitative estimate of drug-likeness (QED) is 0.755. The van der Waals surface area contributed by atoms with Gasteiger partial charge in [0.25, 0.3) is 0 Å². The first-order chi connectivity index (χ1) is 10.4. The van der Waals surface area contributed by atoms with Gasteiger partial charge >= 0.3 is 5.97 Å². The van der Waals surface area contributed by atoms with Crippen molar-refractivity contribution in [2.45, 2.75) is 19.3 Å². The van der Waals surface area contributed by atoms with Crippen LogP contribution in [0.25, 0.3) is 0 Å². The molecular formula is C17H26N2O3. The van der Waals surface area contributed by atoms with Gasteiger partial charge in [0, 0.05) is 20.0 Å². The molecule has 1 rings (SSSR count). The zero-order valence-electron chi connectivity index (χ0n) is 13.7. The molecule has 1 amide bonds. The van der Waals surface area contributed by atoms with Gasteiger partial charge in [-0.3, -0.25) is 9.59 Å². The second-order valence-corrected chi connectivity index (χ2v) is 5.90. The minimum absolute atomic E-state index is 0.0443. The number of carboxylic acid groups (broad SMARTS) is 1. The maximum Gasteiger partial charge on any atom is 0.307 e. The van der Waals surface area contributed by atoms with Gasteiger partial charge in [0.2, 0.25) is 5.91 Å². The molecule has 0 saturated heterocycles. The van der Waals surface area contributed by atoms with Crippen molar-refractivity contribution >= 4 is 11.9 Å². The molecule has 122 valence electrons. The molecule has 1 aromatic carbocycles. The van der Waals surface area contributed by atoms with Crippen LogP contribution in [0, 0.1) is 5.92 Å². The van der Waals surface area contributed by atoms with Crippen molar-refractivity contribution < 1.29 is 14.7 Å². The Balaban J connectivity index is 2.52. The molecule has 5 nitrogen and oxygen atoms in total. The molecule has 0 bridgehead atoms. The number of benzene rings is 1. The van der Waals surface area contributed by atoms with Crippen LogP contribution in [-0.2, 0) is 16.0 Å². The van der Waals surface area contributed by atoms with Gasteiger partial charge in [-0.1, -0.05) is 30.3 Å². The van der Waals surface area contributed by atoms with Crippen LogP contribution < -0.4 is 0 Å². The molecule has 0 spiro atoms. The molecular weight excluding hydrogens is 280 g/mol.